The highest BCUT2D eigenvalue weighted by molar-refractivity contribution is 7.15. The van der Waals surface area contributed by atoms with Crippen LogP contribution in [0.1, 0.15) is 30.3 Å². The fourth-order valence-corrected chi connectivity index (χ4v) is 3.13. The lowest BCUT2D eigenvalue weighted by molar-refractivity contribution is -0.141. The number of carboxylic acids is 1. The summed E-state index contributed by atoms with van der Waals surface area (Å²) >= 11 is 1.42. The summed E-state index contributed by atoms with van der Waals surface area (Å²) < 4.78 is 0. The Labute approximate surface area is 115 Å². The number of hydrogen-bond donors (Lipinski definition) is 2. The molecule has 0 spiro atoms. The average Bonchev–Trinajstić information content (AvgIpc) is 2.95. The Morgan fingerprint density at radius 2 is 2.32 bits per heavy atom. The van der Waals surface area contributed by atoms with E-state index < -0.39 is 12.0 Å². The summed E-state index contributed by atoms with van der Waals surface area (Å²) in [7, 11) is 0. The predicted octanol–water partition coefficient (Wildman–Crippen LogP) is 2.09. The van der Waals surface area contributed by atoms with Gasteiger partial charge in [0.15, 0.2) is 5.13 Å². The summed E-state index contributed by atoms with van der Waals surface area (Å²) in [4.78, 5) is 29.9. The first-order chi connectivity index (χ1) is 9.02. The first-order valence-corrected chi connectivity index (χ1v) is 7.11. The number of rotatable bonds is 3. The smallest absolute Gasteiger partial charge is 0.326 e. The molecule has 0 aromatic carbocycles. The molecule has 1 aliphatic heterocycles. The molecule has 1 fully saturated rings. The quantitative estimate of drug-likeness (QED) is 0.890. The van der Waals surface area contributed by atoms with Crippen molar-refractivity contribution in [2.75, 3.05) is 11.9 Å². The monoisotopic (exact) mass is 283 g/mol. The van der Waals surface area contributed by atoms with Crippen LogP contribution in [0, 0.1) is 6.92 Å². The highest BCUT2D eigenvalue weighted by Crippen LogP contribution is 2.24. The van der Waals surface area contributed by atoms with E-state index in [0.29, 0.717) is 18.1 Å². The molecule has 0 bridgehead atoms. The number of aliphatic carboxylic acids is 1. The van der Waals surface area contributed by atoms with Gasteiger partial charge in [0.1, 0.15) is 6.04 Å². The number of likely N-dealkylation sites (tertiary alicyclic amines) is 1. The minimum absolute atomic E-state index is 0.374. The predicted molar refractivity (Wildman–Crippen MR) is 72.6 cm³/mol. The molecule has 1 aromatic heterocycles. The molecule has 1 aliphatic rings. The van der Waals surface area contributed by atoms with Gasteiger partial charge in [-0.15, -0.1) is 11.3 Å². The molecule has 2 amide bonds. The summed E-state index contributed by atoms with van der Waals surface area (Å²) in [6.07, 6.45) is 2.06. The van der Waals surface area contributed by atoms with Crippen molar-refractivity contribution >= 4 is 28.5 Å². The summed E-state index contributed by atoms with van der Waals surface area (Å²) in [6.45, 7) is 4.45. The van der Waals surface area contributed by atoms with Gasteiger partial charge in [-0.3, -0.25) is 5.32 Å². The lowest BCUT2D eigenvalue weighted by atomic mass is 10.2. The molecule has 0 saturated carbocycles. The Balaban J connectivity index is 2.06. The van der Waals surface area contributed by atoms with E-state index in [-0.39, 0.29) is 6.03 Å². The maximum atomic E-state index is 12.1. The van der Waals surface area contributed by atoms with Crippen LogP contribution in [0.25, 0.3) is 0 Å². The van der Waals surface area contributed by atoms with Gasteiger partial charge in [-0.25, -0.2) is 14.6 Å². The summed E-state index contributed by atoms with van der Waals surface area (Å²) in [5, 5.41) is 12.3. The van der Waals surface area contributed by atoms with Crippen LogP contribution in [-0.4, -0.2) is 39.6 Å². The van der Waals surface area contributed by atoms with Gasteiger partial charge in [-0.05, 0) is 26.2 Å². The molecule has 1 saturated heterocycles. The number of aryl methyl sites for hydroxylation is 2. The molecule has 2 heterocycles. The van der Waals surface area contributed by atoms with Gasteiger partial charge < -0.3 is 10.0 Å². The molecular formula is C12H17N3O3S. The Bertz CT molecular complexity index is 500. The molecular weight excluding hydrogens is 266 g/mol. The Morgan fingerprint density at radius 1 is 1.58 bits per heavy atom. The lowest BCUT2D eigenvalue weighted by Crippen LogP contribution is -2.42. The highest BCUT2D eigenvalue weighted by atomic mass is 32.1. The number of anilines is 1. The minimum atomic E-state index is -0.947. The highest BCUT2D eigenvalue weighted by Gasteiger charge is 2.34. The van der Waals surface area contributed by atoms with Crippen molar-refractivity contribution in [1.29, 1.82) is 0 Å². The molecule has 7 heteroatoms. The summed E-state index contributed by atoms with van der Waals surface area (Å²) in [5.74, 6) is -0.947. The van der Waals surface area contributed by atoms with Gasteiger partial charge in [-0.1, -0.05) is 6.92 Å². The maximum absolute atomic E-state index is 12.1. The topological polar surface area (TPSA) is 82.5 Å². The number of urea groups is 1. The molecule has 6 nitrogen and oxygen atoms in total. The van der Waals surface area contributed by atoms with E-state index in [1.54, 1.807) is 0 Å². The summed E-state index contributed by atoms with van der Waals surface area (Å²) in [6, 6.07) is -1.09. The lowest BCUT2D eigenvalue weighted by Gasteiger charge is -2.20. The minimum Gasteiger partial charge on any atom is -0.480 e. The van der Waals surface area contributed by atoms with Crippen molar-refractivity contribution in [2.45, 2.75) is 39.2 Å². The average molecular weight is 283 g/mol. The fourth-order valence-electron chi connectivity index (χ4n) is 2.24. The standard InChI is InChI=1S/C12H17N3O3S/c1-3-8-7(2)19-11(13-8)14-12(18)15-6-4-5-9(15)10(16)17/h9H,3-6H2,1-2H3,(H,16,17)(H,13,14,18)/t9-/m0/s1. The zero-order chi connectivity index (χ0) is 14.0. The number of nitrogens with one attached hydrogen (secondary N) is 1. The number of carboxylic acid groups (broad SMARTS) is 1. The third-order valence-corrected chi connectivity index (χ3v) is 4.17. The third kappa shape index (κ3) is 2.86. The number of thiazole rings is 1. The molecule has 1 atom stereocenters. The van der Waals surface area contributed by atoms with Crippen molar-refractivity contribution in [3.8, 4) is 0 Å². The van der Waals surface area contributed by atoms with E-state index >= 15 is 0 Å². The maximum Gasteiger partial charge on any atom is 0.326 e. The zero-order valence-electron chi connectivity index (χ0n) is 11.0. The molecule has 0 radical (unpaired) electrons. The molecule has 104 valence electrons. The first-order valence-electron chi connectivity index (χ1n) is 6.29. The second kappa shape index (κ2) is 5.56. The van der Waals surface area contributed by atoms with Gasteiger partial charge in [-0.2, -0.15) is 0 Å². The van der Waals surface area contributed by atoms with E-state index in [4.69, 9.17) is 5.11 Å². The Morgan fingerprint density at radius 3 is 2.89 bits per heavy atom. The van der Waals surface area contributed by atoms with Crippen molar-refractivity contribution in [2.24, 2.45) is 0 Å². The zero-order valence-corrected chi connectivity index (χ0v) is 11.8. The number of amides is 2. The number of carbonyl (C=O) groups excluding carboxylic acids is 1. The van der Waals surface area contributed by atoms with Crippen molar-refractivity contribution < 1.29 is 14.7 Å². The number of hydrogen-bond acceptors (Lipinski definition) is 4. The van der Waals surface area contributed by atoms with E-state index in [2.05, 4.69) is 10.3 Å². The number of aromatic nitrogens is 1. The van der Waals surface area contributed by atoms with Crippen LogP contribution in [0.5, 0.6) is 0 Å². The first kappa shape index (κ1) is 13.8. The van der Waals surface area contributed by atoms with E-state index in [9.17, 15) is 9.59 Å². The number of nitrogens with zero attached hydrogens (tertiary/aromatic N) is 2. The second-order valence-electron chi connectivity index (χ2n) is 4.50. The van der Waals surface area contributed by atoms with Crippen molar-refractivity contribution in [3.05, 3.63) is 10.6 Å². The normalized spacial score (nSPS) is 18.6. The largest absolute Gasteiger partial charge is 0.480 e. The molecule has 1 aromatic rings. The van der Waals surface area contributed by atoms with Gasteiger partial charge in [0.2, 0.25) is 0 Å². The third-order valence-electron chi connectivity index (χ3n) is 3.24. The van der Waals surface area contributed by atoms with Crippen LogP contribution in [0.3, 0.4) is 0 Å². The van der Waals surface area contributed by atoms with E-state index in [1.165, 1.54) is 16.2 Å². The molecule has 0 unspecified atom stereocenters. The van der Waals surface area contributed by atoms with Crippen molar-refractivity contribution in [1.82, 2.24) is 9.88 Å². The van der Waals surface area contributed by atoms with Gasteiger partial charge in [0.25, 0.3) is 0 Å². The molecule has 19 heavy (non-hydrogen) atoms. The van der Waals surface area contributed by atoms with Gasteiger partial charge in [0.05, 0.1) is 5.69 Å². The Hall–Kier alpha value is -1.63. The van der Waals surface area contributed by atoms with Crippen LogP contribution in [0.4, 0.5) is 9.93 Å². The molecule has 2 rings (SSSR count). The van der Waals surface area contributed by atoms with Crippen LogP contribution in [0.15, 0.2) is 0 Å². The SMILES string of the molecule is CCc1nc(NC(=O)N2CCC[C@H]2C(=O)O)sc1C. The van der Waals surface area contributed by atoms with Crippen molar-refractivity contribution in [3.63, 3.8) is 0 Å². The second-order valence-corrected chi connectivity index (χ2v) is 5.70. The van der Waals surface area contributed by atoms with Crippen LogP contribution in [-0.2, 0) is 11.2 Å². The van der Waals surface area contributed by atoms with Gasteiger partial charge >= 0.3 is 12.0 Å². The van der Waals surface area contributed by atoms with E-state index in [0.717, 1.165) is 23.4 Å². The van der Waals surface area contributed by atoms with Crippen LogP contribution >= 0.6 is 11.3 Å². The number of carbonyl (C=O) groups is 2. The van der Waals surface area contributed by atoms with Crippen LogP contribution in [0.2, 0.25) is 0 Å². The molecule has 0 aliphatic carbocycles. The summed E-state index contributed by atoms with van der Waals surface area (Å²) in [5.41, 5.74) is 0.969. The van der Waals surface area contributed by atoms with Crippen LogP contribution < -0.4 is 5.32 Å². The Kier molecular flexibility index (Phi) is 4.04. The van der Waals surface area contributed by atoms with Gasteiger partial charge in [0, 0.05) is 11.4 Å². The molecule has 2 N–H and O–H groups in total. The van der Waals surface area contributed by atoms with E-state index in [1.807, 2.05) is 13.8 Å². The fraction of sp³-hybridized carbons (Fsp3) is 0.583.